The molecule has 1 saturated carbocycles. The van der Waals surface area contributed by atoms with E-state index in [2.05, 4.69) is 34.4 Å². The third kappa shape index (κ3) is 4.05. The fourth-order valence-electron chi connectivity index (χ4n) is 4.01. The fourth-order valence-corrected chi connectivity index (χ4v) is 4.01. The summed E-state index contributed by atoms with van der Waals surface area (Å²) in [5.41, 5.74) is 2.40. The second kappa shape index (κ2) is 7.80. The maximum absolute atomic E-state index is 12.8. The molecule has 2 aliphatic rings. The third-order valence-corrected chi connectivity index (χ3v) is 5.75. The number of hydrogen-bond donors (Lipinski definition) is 1. The molecule has 2 aromatic rings. The fraction of sp³-hybridized carbons (Fsp3) is 0.571. The van der Waals surface area contributed by atoms with Gasteiger partial charge in [-0.3, -0.25) is 9.69 Å². The third-order valence-electron chi connectivity index (χ3n) is 5.75. The maximum Gasteiger partial charge on any atom is 0.273 e. The van der Waals surface area contributed by atoms with Crippen molar-refractivity contribution in [2.45, 2.75) is 51.5 Å². The van der Waals surface area contributed by atoms with E-state index in [1.54, 1.807) is 0 Å². The van der Waals surface area contributed by atoms with Gasteiger partial charge in [-0.2, -0.15) is 0 Å². The van der Waals surface area contributed by atoms with Gasteiger partial charge in [0.15, 0.2) is 5.69 Å². The molecule has 0 bridgehead atoms. The lowest BCUT2D eigenvalue weighted by molar-refractivity contribution is 0.0911. The van der Waals surface area contributed by atoms with E-state index < -0.39 is 0 Å². The second-order valence-electron chi connectivity index (χ2n) is 8.15. The van der Waals surface area contributed by atoms with Crippen molar-refractivity contribution in [2.75, 3.05) is 19.6 Å². The number of amides is 1. The predicted molar refractivity (Wildman–Crippen MR) is 105 cm³/mol. The van der Waals surface area contributed by atoms with Crippen molar-refractivity contribution in [1.82, 2.24) is 25.2 Å². The van der Waals surface area contributed by atoms with Crippen molar-refractivity contribution in [3.05, 3.63) is 41.7 Å². The number of piperidine rings is 1. The van der Waals surface area contributed by atoms with Crippen molar-refractivity contribution in [1.29, 1.82) is 0 Å². The molecule has 1 aliphatic heterocycles. The van der Waals surface area contributed by atoms with Crippen molar-refractivity contribution in [2.24, 2.45) is 5.92 Å². The first-order valence-electron chi connectivity index (χ1n) is 10.2. The SMILES string of the molecule is CC1CCCN(C(C)CNC(=O)c2nnn(-c3ccccc3)c2C2CC2)C1. The van der Waals surface area contributed by atoms with Gasteiger partial charge in [-0.1, -0.05) is 30.3 Å². The molecule has 1 saturated heterocycles. The van der Waals surface area contributed by atoms with Crippen LogP contribution in [0.3, 0.4) is 0 Å². The zero-order chi connectivity index (χ0) is 18.8. The molecule has 1 N–H and O–H groups in total. The molecule has 1 aliphatic carbocycles. The highest BCUT2D eigenvalue weighted by Crippen LogP contribution is 2.41. The first kappa shape index (κ1) is 18.2. The number of hydrogen-bond acceptors (Lipinski definition) is 4. The quantitative estimate of drug-likeness (QED) is 0.852. The molecule has 4 rings (SSSR count). The van der Waals surface area contributed by atoms with Gasteiger partial charge in [0.2, 0.25) is 0 Å². The van der Waals surface area contributed by atoms with Gasteiger partial charge in [0.1, 0.15) is 0 Å². The lowest BCUT2D eigenvalue weighted by Crippen LogP contribution is -2.46. The van der Waals surface area contributed by atoms with Crippen LogP contribution in [0.5, 0.6) is 0 Å². The number of rotatable bonds is 6. The summed E-state index contributed by atoms with van der Waals surface area (Å²) in [5.74, 6) is 1.03. The molecule has 2 heterocycles. The Morgan fingerprint density at radius 3 is 2.74 bits per heavy atom. The second-order valence-corrected chi connectivity index (χ2v) is 8.15. The minimum absolute atomic E-state index is 0.101. The summed E-state index contributed by atoms with van der Waals surface area (Å²) < 4.78 is 1.84. The average Bonchev–Trinajstić information content (AvgIpc) is 3.44. The Morgan fingerprint density at radius 2 is 2.04 bits per heavy atom. The highest BCUT2D eigenvalue weighted by Gasteiger charge is 2.34. The number of nitrogens with zero attached hydrogens (tertiary/aromatic N) is 4. The van der Waals surface area contributed by atoms with E-state index in [1.807, 2.05) is 35.0 Å². The van der Waals surface area contributed by atoms with Crippen molar-refractivity contribution in [3.8, 4) is 5.69 Å². The monoisotopic (exact) mass is 367 g/mol. The first-order valence-corrected chi connectivity index (χ1v) is 10.2. The van der Waals surface area contributed by atoms with Gasteiger partial charge in [-0.15, -0.1) is 5.10 Å². The highest BCUT2D eigenvalue weighted by molar-refractivity contribution is 5.93. The molecular formula is C21H29N5O. The van der Waals surface area contributed by atoms with Gasteiger partial charge < -0.3 is 5.32 Å². The standard InChI is InChI=1S/C21H29N5O/c1-15-7-6-12-25(14-15)16(2)13-22-21(27)19-20(17-10-11-17)26(24-23-19)18-8-4-3-5-9-18/h3-5,8-9,15-17H,6-7,10-14H2,1-2H3,(H,22,27). The average molecular weight is 367 g/mol. The minimum atomic E-state index is -0.101. The van der Waals surface area contributed by atoms with Crippen LogP contribution in [0.4, 0.5) is 0 Å². The Labute approximate surface area is 160 Å². The van der Waals surface area contributed by atoms with Gasteiger partial charge in [0, 0.05) is 25.0 Å². The molecule has 0 spiro atoms. The van der Waals surface area contributed by atoms with Gasteiger partial charge in [-0.25, -0.2) is 4.68 Å². The molecule has 144 valence electrons. The predicted octanol–water partition coefficient (Wildman–Crippen LogP) is 2.99. The zero-order valence-electron chi connectivity index (χ0n) is 16.3. The summed E-state index contributed by atoms with van der Waals surface area (Å²) in [7, 11) is 0. The summed E-state index contributed by atoms with van der Waals surface area (Å²) in [5, 5.41) is 11.6. The van der Waals surface area contributed by atoms with Crippen LogP contribution in [-0.4, -0.2) is 51.5 Å². The molecule has 1 aromatic carbocycles. The maximum atomic E-state index is 12.8. The zero-order valence-corrected chi connectivity index (χ0v) is 16.3. The number of nitrogens with one attached hydrogen (secondary N) is 1. The Morgan fingerprint density at radius 1 is 1.26 bits per heavy atom. The molecule has 2 atom stereocenters. The minimum Gasteiger partial charge on any atom is -0.349 e. The number of aromatic nitrogens is 3. The molecule has 2 fully saturated rings. The van der Waals surface area contributed by atoms with E-state index in [1.165, 1.54) is 12.8 Å². The van der Waals surface area contributed by atoms with E-state index >= 15 is 0 Å². The number of carbonyl (C=O) groups is 1. The van der Waals surface area contributed by atoms with Crippen LogP contribution >= 0.6 is 0 Å². The number of carbonyl (C=O) groups excluding carboxylic acids is 1. The Balaban J connectivity index is 1.45. The Kier molecular flexibility index (Phi) is 5.25. The molecule has 27 heavy (non-hydrogen) atoms. The van der Waals surface area contributed by atoms with Gasteiger partial charge >= 0.3 is 0 Å². The van der Waals surface area contributed by atoms with Crippen LogP contribution < -0.4 is 5.32 Å². The Hall–Kier alpha value is -2.21. The van der Waals surface area contributed by atoms with Crippen LogP contribution in [0.2, 0.25) is 0 Å². The Bertz CT molecular complexity index is 783. The number of likely N-dealkylation sites (tertiary alicyclic amines) is 1. The molecule has 2 unspecified atom stereocenters. The summed E-state index contributed by atoms with van der Waals surface area (Å²) in [4.78, 5) is 15.3. The molecule has 6 heteroatoms. The number of benzene rings is 1. The first-order chi connectivity index (χ1) is 13.1. The summed E-state index contributed by atoms with van der Waals surface area (Å²) in [6.45, 7) is 7.39. The van der Waals surface area contributed by atoms with Gasteiger partial charge in [0.25, 0.3) is 5.91 Å². The highest BCUT2D eigenvalue weighted by atomic mass is 16.2. The van der Waals surface area contributed by atoms with Crippen molar-refractivity contribution in [3.63, 3.8) is 0 Å². The molecule has 0 radical (unpaired) electrons. The molecule has 1 aromatic heterocycles. The summed E-state index contributed by atoms with van der Waals surface area (Å²) >= 11 is 0. The smallest absolute Gasteiger partial charge is 0.273 e. The van der Waals surface area contributed by atoms with Gasteiger partial charge in [-0.05, 0) is 57.2 Å². The lowest BCUT2D eigenvalue weighted by atomic mass is 9.99. The normalized spacial score (nSPS) is 21.8. The van der Waals surface area contributed by atoms with Gasteiger partial charge in [0.05, 0.1) is 11.4 Å². The summed E-state index contributed by atoms with van der Waals surface area (Å²) in [6, 6.07) is 10.3. The molecule has 1 amide bonds. The van der Waals surface area contributed by atoms with E-state index in [0.29, 0.717) is 24.2 Å². The van der Waals surface area contributed by atoms with Crippen LogP contribution in [0.15, 0.2) is 30.3 Å². The topological polar surface area (TPSA) is 63.1 Å². The largest absolute Gasteiger partial charge is 0.349 e. The van der Waals surface area contributed by atoms with E-state index in [9.17, 15) is 4.79 Å². The molecule has 6 nitrogen and oxygen atoms in total. The van der Waals surface area contributed by atoms with Crippen LogP contribution in [0, 0.1) is 5.92 Å². The van der Waals surface area contributed by atoms with E-state index in [-0.39, 0.29) is 5.91 Å². The number of para-hydroxylation sites is 1. The van der Waals surface area contributed by atoms with Crippen molar-refractivity contribution < 1.29 is 4.79 Å². The van der Waals surface area contributed by atoms with E-state index in [4.69, 9.17) is 0 Å². The molecular weight excluding hydrogens is 338 g/mol. The van der Waals surface area contributed by atoms with Crippen LogP contribution in [0.1, 0.15) is 61.6 Å². The van der Waals surface area contributed by atoms with Crippen LogP contribution in [0.25, 0.3) is 5.69 Å². The van der Waals surface area contributed by atoms with Crippen LogP contribution in [-0.2, 0) is 0 Å². The summed E-state index contributed by atoms with van der Waals surface area (Å²) in [6.07, 6.45) is 4.75. The van der Waals surface area contributed by atoms with Crippen molar-refractivity contribution >= 4 is 5.91 Å². The van der Waals surface area contributed by atoms with E-state index in [0.717, 1.165) is 43.2 Å². The lowest BCUT2D eigenvalue weighted by Gasteiger charge is -2.35.